The first-order valence-corrected chi connectivity index (χ1v) is 16.3. The molecule has 5 nitrogen and oxygen atoms in total. The fourth-order valence-electron chi connectivity index (χ4n) is 7.39. The first kappa shape index (κ1) is 28.8. The molecule has 9 rings (SSSR count). The van der Waals surface area contributed by atoms with Crippen molar-refractivity contribution < 1.29 is 0 Å². The fraction of sp³-hybridized carbons (Fsp3) is 0. The zero-order valence-corrected chi connectivity index (χ0v) is 26.7. The van der Waals surface area contributed by atoms with Crippen LogP contribution in [0.25, 0.3) is 77.2 Å². The van der Waals surface area contributed by atoms with Crippen molar-refractivity contribution in [2.45, 2.75) is 0 Å². The first-order valence-electron chi connectivity index (χ1n) is 16.3. The third-order valence-electron chi connectivity index (χ3n) is 9.62. The predicted molar refractivity (Wildman–Crippen MR) is 200 cm³/mol. The van der Waals surface area contributed by atoms with Crippen LogP contribution in [-0.4, -0.2) is 9.13 Å². The Morgan fingerprint density at radius 3 is 1.74 bits per heavy atom. The van der Waals surface area contributed by atoms with Crippen LogP contribution in [0.15, 0.2) is 152 Å². The number of nitrogens with zero attached hydrogens (tertiary/aromatic N) is 5. The summed E-state index contributed by atoms with van der Waals surface area (Å²) in [5.74, 6) is 0. The third kappa shape index (κ3) is 4.38. The van der Waals surface area contributed by atoms with Gasteiger partial charge in [-0.3, -0.25) is 0 Å². The summed E-state index contributed by atoms with van der Waals surface area (Å²) in [7, 11) is 0. The van der Waals surface area contributed by atoms with Crippen molar-refractivity contribution in [2.24, 2.45) is 0 Å². The second kappa shape index (κ2) is 11.4. The standard InChI is InChI=1S/C45H25N5/c46-26-29-15-21-42(50-40-12-3-1-10-36(40)37-11-2-4-13-41(37)50)38(23-29)32-19-17-31(18-20-32)33-7-5-9-35(25-33)49-43-22-16-30(27-47)24-39(43)45-34(28-48)8-6-14-44(45)49/h1-25H. The topological polar surface area (TPSA) is 81.2 Å². The normalized spacial score (nSPS) is 11.1. The Morgan fingerprint density at radius 2 is 1.02 bits per heavy atom. The van der Waals surface area contributed by atoms with Crippen LogP contribution in [0, 0.1) is 34.0 Å². The molecule has 0 radical (unpaired) electrons. The Bertz CT molecular complexity index is 2900. The molecule has 0 unspecified atom stereocenters. The molecular formula is C45H25N5. The maximum absolute atomic E-state index is 9.95. The van der Waals surface area contributed by atoms with Gasteiger partial charge in [0.05, 0.1) is 62.7 Å². The smallest absolute Gasteiger partial charge is 0.0998 e. The Kier molecular flexibility index (Phi) is 6.56. The van der Waals surface area contributed by atoms with E-state index in [9.17, 15) is 15.8 Å². The molecule has 0 bridgehead atoms. The van der Waals surface area contributed by atoms with E-state index < -0.39 is 0 Å². The van der Waals surface area contributed by atoms with Crippen molar-refractivity contribution in [2.75, 3.05) is 0 Å². The maximum atomic E-state index is 9.95. The molecule has 0 fully saturated rings. The summed E-state index contributed by atoms with van der Waals surface area (Å²) < 4.78 is 4.46. The molecule has 9 aromatic rings. The highest BCUT2D eigenvalue weighted by molar-refractivity contribution is 6.12. The van der Waals surface area contributed by atoms with Gasteiger partial charge in [-0.05, 0) is 89.5 Å². The highest BCUT2D eigenvalue weighted by atomic mass is 15.0. The van der Waals surface area contributed by atoms with Gasteiger partial charge in [0.2, 0.25) is 0 Å². The van der Waals surface area contributed by atoms with Gasteiger partial charge in [-0.15, -0.1) is 0 Å². The molecule has 0 N–H and O–H groups in total. The average molecular weight is 636 g/mol. The average Bonchev–Trinajstić information content (AvgIpc) is 3.70. The number of para-hydroxylation sites is 2. The minimum Gasteiger partial charge on any atom is -0.309 e. The van der Waals surface area contributed by atoms with Gasteiger partial charge in [0.15, 0.2) is 0 Å². The van der Waals surface area contributed by atoms with E-state index in [1.165, 1.54) is 10.8 Å². The fourth-order valence-corrected chi connectivity index (χ4v) is 7.39. The summed E-state index contributed by atoms with van der Waals surface area (Å²) >= 11 is 0. The Labute approximate surface area is 287 Å². The summed E-state index contributed by atoms with van der Waals surface area (Å²) in [5.41, 5.74) is 11.9. The minimum atomic E-state index is 0.555. The lowest BCUT2D eigenvalue weighted by Gasteiger charge is -2.15. The zero-order valence-electron chi connectivity index (χ0n) is 26.7. The molecule has 0 amide bonds. The van der Waals surface area contributed by atoms with E-state index in [1.807, 2.05) is 60.7 Å². The summed E-state index contributed by atoms with van der Waals surface area (Å²) in [6.45, 7) is 0. The predicted octanol–water partition coefficient (Wildman–Crippen LogP) is 10.8. The van der Waals surface area contributed by atoms with Crippen LogP contribution in [-0.2, 0) is 0 Å². The Hall–Kier alpha value is -7.39. The summed E-state index contributed by atoms with van der Waals surface area (Å²) in [6.07, 6.45) is 0. The molecular weight excluding hydrogens is 611 g/mol. The molecule has 0 aliphatic heterocycles. The van der Waals surface area contributed by atoms with E-state index in [0.29, 0.717) is 16.7 Å². The second-order valence-corrected chi connectivity index (χ2v) is 12.3. The highest BCUT2D eigenvalue weighted by Crippen LogP contribution is 2.38. The van der Waals surface area contributed by atoms with Gasteiger partial charge in [0.1, 0.15) is 0 Å². The van der Waals surface area contributed by atoms with E-state index in [-0.39, 0.29) is 0 Å². The molecule has 0 atom stereocenters. The monoisotopic (exact) mass is 635 g/mol. The largest absolute Gasteiger partial charge is 0.309 e. The number of aromatic nitrogens is 2. The number of rotatable bonds is 4. The lowest BCUT2D eigenvalue weighted by Crippen LogP contribution is -1.98. The van der Waals surface area contributed by atoms with Crippen molar-refractivity contribution in [1.29, 1.82) is 15.8 Å². The molecule has 0 spiro atoms. The van der Waals surface area contributed by atoms with Gasteiger partial charge < -0.3 is 9.13 Å². The quantitative estimate of drug-likeness (QED) is 0.193. The van der Waals surface area contributed by atoms with Crippen molar-refractivity contribution >= 4 is 43.6 Å². The molecule has 0 saturated carbocycles. The van der Waals surface area contributed by atoms with Gasteiger partial charge in [-0.1, -0.05) is 78.9 Å². The number of hydrogen-bond acceptors (Lipinski definition) is 3. The van der Waals surface area contributed by atoms with Crippen molar-refractivity contribution in [3.05, 3.63) is 168 Å². The van der Waals surface area contributed by atoms with Crippen molar-refractivity contribution in [1.82, 2.24) is 9.13 Å². The summed E-state index contributed by atoms with van der Waals surface area (Å²) in [5, 5.41) is 33.5. The van der Waals surface area contributed by atoms with Gasteiger partial charge in [-0.2, -0.15) is 15.8 Å². The number of hydrogen-bond donors (Lipinski definition) is 0. The minimum absolute atomic E-state index is 0.555. The molecule has 230 valence electrons. The van der Waals surface area contributed by atoms with Crippen LogP contribution < -0.4 is 0 Å². The maximum Gasteiger partial charge on any atom is 0.0998 e. The van der Waals surface area contributed by atoms with E-state index in [0.717, 1.165) is 66.5 Å². The van der Waals surface area contributed by atoms with Crippen molar-refractivity contribution in [3.63, 3.8) is 0 Å². The molecule has 5 heteroatoms. The summed E-state index contributed by atoms with van der Waals surface area (Å²) in [6, 6.07) is 58.0. The van der Waals surface area contributed by atoms with Crippen LogP contribution in [0.5, 0.6) is 0 Å². The molecule has 2 heterocycles. The molecule has 7 aromatic carbocycles. The zero-order chi connectivity index (χ0) is 33.8. The molecule has 50 heavy (non-hydrogen) atoms. The van der Waals surface area contributed by atoms with Crippen LogP contribution >= 0.6 is 0 Å². The SMILES string of the molecule is N#Cc1ccc(-n2c3ccccc3c3ccccc32)c(-c2ccc(-c3cccc(-n4c5ccc(C#N)cc5c5c(C#N)cccc54)c3)cc2)c1. The van der Waals surface area contributed by atoms with E-state index in [4.69, 9.17) is 0 Å². The molecule has 2 aromatic heterocycles. The first-order chi connectivity index (χ1) is 24.7. The van der Waals surface area contributed by atoms with Crippen LogP contribution in [0.4, 0.5) is 0 Å². The molecule has 0 saturated heterocycles. The van der Waals surface area contributed by atoms with E-state index >= 15 is 0 Å². The van der Waals surface area contributed by atoms with Crippen LogP contribution in [0.1, 0.15) is 16.7 Å². The summed E-state index contributed by atoms with van der Waals surface area (Å²) in [4.78, 5) is 0. The lowest BCUT2D eigenvalue weighted by atomic mass is 9.97. The Morgan fingerprint density at radius 1 is 0.400 bits per heavy atom. The molecule has 0 aliphatic rings. The van der Waals surface area contributed by atoms with Gasteiger partial charge in [0, 0.05) is 32.8 Å². The number of nitriles is 3. The lowest BCUT2D eigenvalue weighted by molar-refractivity contribution is 1.18. The van der Waals surface area contributed by atoms with E-state index in [1.54, 1.807) is 0 Å². The number of fused-ring (bicyclic) bond motifs is 6. The van der Waals surface area contributed by atoms with Crippen LogP contribution in [0.2, 0.25) is 0 Å². The number of benzene rings is 7. The highest BCUT2D eigenvalue weighted by Gasteiger charge is 2.18. The van der Waals surface area contributed by atoms with Crippen molar-refractivity contribution in [3.8, 4) is 51.8 Å². The van der Waals surface area contributed by atoms with Crippen LogP contribution in [0.3, 0.4) is 0 Å². The second-order valence-electron chi connectivity index (χ2n) is 12.3. The third-order valence-corrected chi connectivity index (χ3v) is 9.62. The molecule has 0 aliphatic carbocycles. The Balaban J connectivity index is 1.17. The van der Waals surface area contributed by atoms with Gasteiger partial charge >= 0.3 is 0 Å². The van der Waals surface area contributed by atoms with E-state index in [2.05, 4.69) is 118 Å². The van der Waals surface area contributed by atoms with Gasteiger partial charge in [0.25, 0.3) is 0 Å². The van der Waals surface area contributed by atoms with Gasteiger partial charge in [-0.25, -0.2) is 0 Å².